The molecule has 15 heavy (non-hydrogen) atoms. The molecule has 0 atom stereocenters. The molecule has 0 fully saturated rings. The first kappa shape index (κ1) is 12.3. The third kappa shape index (κ3) is 2.82. The Balaban J connectivity index is 3.14. The van der Waals surface area contributed by atoms with E-state index < -0.39 is 5.60 Å². The Kier molecular flexibility index (Phi) is 3.25. The predicted octanol–water partition coefficient (Wildman–Crippen LogP) is 3.60. The minimum Gasteiger partial charge on any atom is -0.386 e. The minimum absolute atomic E-state index is 0.182. The van der Waals surface area contributed by atoms with E-state index in [0.29, 0.717) is 0 Å². The summed E-state index contributed by atoms with van der Waals surface area (Å²) < 4.78 is 0. The zero-order valence-electron chi connectivity index (χ0n) is 10.5. The molecule has 0 aromatic heterocycles. The fraction of sp³-hybridized carbons (Fsp3) is 0.571. The second-order valence-corrected chi connectivity index (χ2v) is 5.38. The highest BCUT2D eigenvalue weighted by atomic mass is 16.3. The SMILES string of the molecule is CCC(C)(C)c1cccc(C(C)(C)O)c1. The third-order valence-electron chi connectivity index (χ3n) is 3.23. The molecule has 1 N–H and O–H groups in total. The lowest BCUT2D eigenvalue weighted by molar-refractivity contribution is 0.0784. The van der Waals surface area contributed by atoms with Crippen LogP contribution in [0, 0.1) is 0 Å². The van der Waals surface area contributed by atoms with Gasteiger partial charge in [0.15, 0.2) is 0 Å². The Bertz CT molecular complexity index is 331. The summed E-state index contributed by atoms with van der Waals surface area (Å²) in [5.41, 5.74) is 1.72. The van der Waals surface area contributed by atoms with Crippen LogP contribution in [0.5, 0.6) is 0 Å². The fourth-order valence-electron chi connectivity index (χ4n) is 1.52. The average Bonchev–Trinajstić information content (AvgIpc) is 2.17. The number of benzene rings is 1. The highest BCUT2D eigenvalue weighted by Gasteiger charge is 2.21. The normalized spacial score (nSPS) is 12.9. The molecule has 1 nitrogen and oxygen atoms in total. The van der Waals surface area contributed by atoms with Crippen LogP contribution in [0.25, 0.3) is 0 Å². The van der Waals surface area contributed by atoms with Crippen molar-refractivity contribution >= 4 is 0 Å². The standard InChI is InChI=1S/C14H22O/c1-6-13(2,3)11-8-7-9-12(10-11)14(4,5)15/h7-10,15H,6H2,1-5H3. The molecular formula is C14H22O. The second kappa shape index (κ2) is 3.97. The first-order chi connectivity index (χ1) is 6.77. The van der Waals surface area contributed by atoms with Gasteiger partial charge < -0.3 is 5.11 Å². The van der Waals surface area contributed by atoms with E-state index in [-0.39, 0.29) is 5.41 Å². The molecule has 0 saturated carbocycles. The van der Waals surface area contributed by atoms with Gasteiger partial charge in [0.25, 0.3) is 0 Å². The lowest BCUT2D eigenvalue weighted by Crippen LogP contribution is -2.19. The summed E-state index contributed by atoms with van der Waals surface area (Å²) in [4.78, 5) is 0. The van der Waals surface area contributed by atoms with Gasteiger partial charge in [0, 0.05) is 0 Å². The van der Waals surface area contributed by atoms with E-state index in [9.17, 15) is 5.11 Å². The zero-order chi connectivity index (χ0) is 11.7. The molecule has 0 aliphatic rings. The maximum atomic E-state index is 9.95. The predicted molar refractivity (Wildman–Crippen MR) is 65.0 cm³/mol. The fourth-order valence-corrected chi connectivity index (χ4v) is 1.52. The van der Waals surface area contributed by atoms with E-state index in [2.05, 4.69) is 32.9 Å². The van der Waals surface area contributed by atoms with Crippen molar-refractivity contribution in [2.24, 2.45) is 0 Å². The lowest BCUT2D eigenvalue weighted by atomic mass is 9.80. The first-order valence-corrected chi connectivity index (χ1v) is 5.61. The topological polar surface area (TPSA) is 20.2 Å². The molecule has 0 unspecified atom stereocenters. The molecule has 1 aromatic rings. The van der Waals surface area contributed by atoms with Gasteiger partial charge >= 0.3 is 0 Å². The van der Waals surface area contributed by atoms with Crippen molar-refractivity contribution in [3.63, 3.8) is 0 Å². The molecule has 0 radical (unpaired) electrons. The Morgan fingerprint density at radius 2 is 1.60 bits per heavy atom. The van der Waals surface area contributed by atoms with Crippen molar-refractivity contribution in [2.45, 2.75) is 52.1 Å². The van der Waals surface area contributed by atoms with Gasteiger partial charge in [0.1, 0.15) is 0 Å². The summed E-state index contributed by atoms with van der Waals surface area (Å²) in [6.45, 7) is 10.3. The number of hydrogen-bond acceptors (Lipinski definition) is 1. The molecule has 0 aliphatic heterocycles. The maximum Gasteiger partial charge on any atom is 0.0840 e. The number of rotatable bonds is 3. The van der Waals surface area contributed by atoms with Gasteiger partial charge in [-0.15, -0.1) is 0 Å². The van der Waals surface area contributed by atoms with Crippen LogP contribution in [0.15, 0.2) is 24.3 Å². The lowest BCUT2D eigenvalue weighted by Gasteiger charge is -2.26. The molecule has 1 aromatic carbocycles. The number of aliphatic hydroxyl groups is 1. The second-order valence-electron chi connectivity index (χ2n) is 5.38. The van der Waals surface area contributed by atoms with Crippen LogP contribution < -0.4 is 0 Å². The molecule has 0 saturated heterocycles. The quantitative estimate of drug-likeness (QED) is 0.801. The van der Waals surface area contributed by atoms with Crippen molar-refractivity contribution in [1.82, 2.24) is 0 Å². The molecule has 1 heteroatoms. The molecule has 0 amide bonds. The van der Waals surface area contributed by atoms with E-state index in [0.717, 1.165) is 12.0 Å². The zero-order valence-corrected chi connectivity index (χ0v) is 10.5. The van der Waals surface area contributed by atoms with E-state index >= 15 is 0 Å². The smallest absolute Gasteiger partial charge is 0.0840 e. The molecular weight excluding hydrogens is 184 g/mol. The Hall–Kier alpha value is -0.820. The van der Waals surface area contributed by atoms with E-state index in [4.69, 9.17) is 0 Å². The van der Waals surface area contributed by atoms with Crippen LogP contribution in [-0.4, -0.2) is 5.11 Å². The van der Waals surface area contributed by atoms with Crippen LogP contribution in [0.1, 0.15) is 52.2 Å². The summed E-state index contributed by atoms with van der Waals surface area (Å²) in [5, 5.41) is 9.95. The van der Waals surface area contributed by atoms with Gasteiger partial charge in [-0.2, -0.15) is 0 Å². The highest BCUT2D eigenvalue weighted by molar-refractivity contribution is 5.31. The van der Waals surface area contributed by atoms with Crippen LogP contribution >= 0.6 is 0 Å². The van der Waals surface area contributed by atoms with Crippen LogP contribution in [0.4, 0.5) is 0 Å². The van der Waals surface area contributed by atoms with Gasteiger partial charge in [0.05, 0.1) is 5.60 Å². The van der Waals surface area contributed by atoms with E-state index in [1.807, 2.05) is 26.0 Å². The van der Waals surface area contributed by atoms with Crippen molar-refractivity contribution in [3.8, 4) is 0 Å². The van der Waals surface area contributed by atoms with Crippen molar-refractivity contribution in [3.05, 3.63) is 35.4 Å². The summed E-state index contributed by atoms with van der Waals surface area (Å²) in [7, 11) is 0. The largest absolute Gasteiger partial charge is 0.386 e. The highest BCUT2D eigenvalue weighted by Crippen LogP contribution is 2.29. The molecule has 84 valence electrons. The average molecular weight is 206 g/mol. The molecule has 0 aliphatic carbocycles. The van der Waals surface area contributed by atoms with Crippen LogP contribution in [0.2, 0.25) is 0 Å². The monoisotopic (exact) mass is 206 g/mol. The van der Waals surface area contributed by atoms with Crippen LogP contribution in [0.3, 0.4) is 0 Å². The van der Waals surface area contributed by atoms with E-state index in [1.165, 1.54) is 5.56 Å². The van der Waals surface area contributed by atoms with Gasteiger partial charge in [-0.1, -0.05) is 45.0 Å². The molecule has 0 bridgehead atoms. The Morgan fingerprint density at radius 3 is 2.07 bits per heavy atom. The molecule has 1 rings (SSSR count). The van der Waals surface area contributed by atoms with Gasteiger partial charge in [-0.3, -0.25) is 0 Å². The summed E-state index contributed by atoms with van der Waals surface area (Å²) in [5.74, 6) is 0. The van der Waals surface area contributed by atoms with Crippen LogP contribution in [-0.2, 0) is 11.0 Å². The maximum absolute atomic E-state index is 9.95. The third-order valence-corrected chi connectivity index (χ3v) is 3.23. The van der Waals surface area contributed by atoms with Gasteiger partial charge in [0.2, 0.25) is 0 Å². The van der Waals surface area contributed by atoms with Gasteiger partial charge in [-0.25, -0.2) is 0 Å². The van der Waals surface area contributed by atoms with Crippen molar-refractivity contribution in [2.75, 3.05) is 0 Å². The molecule has 0 heterocycles. The Morgan fingerprint density at radius 1 is 1.07 bits per heavy atom. The Labute approximate surface area is 93.1 Å². The van der Waals surface area contributed by atoms with Crippen molar-refractivity contribution < 1.29 is 5.11 Å². The summed E-state index contributed by atoms with van der Waals surface area (Å²) in [6.07, 6.45) is 1.10. The van der Waals surface area contributed by atoms with Crippen molar-refractivity contribution in [1.29, 1.82) is 0 Å². The minimum atomic E-state index is -0.750. The summed E-state index contributed by atoms with van der Waals surface area (Å²) in [6, 6.07) is 8.26. The number of hydrogen-bond donors (Lipinski definition) is 1. The first-order valence-electron chi connectivity index (χ1n) is 5.61. The van der Waals surface area contributed by atoms with Gasteiger partial charge in [-0.05, 0) is 36.8 Å². The van der Waals surface area contributed by atoms with E-state index in [1.54, 1.807) is 0 Å². The molecule has 0 spiro atoms. The summed E-state index contributed by atoms with van der Waals surface area (Å²) >= 11 is 0.